The van der Waals surface area contributed by atoms with Gasteiger partial charge in [-0.05, 0) is 32.8 Å². The molecule has 0 aromatic heterocycles. The number of aliphatic hydroxyl groups excluding tert-OH is 1. The largest absolute Gasteiger partial charge is 0.393 e. The molecule has 2 N–H and O–H groups in total. The van der Waals surface area contributed by atoms with E-state index >= 15 is 0 Å². The van der Waals surface area contributed by atoms with Crippen LogP contribution in [0.5, 0.6) is 0 Å². The third-order valence-electron chi connectivity index (χ3n) is 3.06. The summed E-state index contributed by atoms with van der Waals surface area (Å²) in [5.74, 6) is -0.690. The summed E-state index contributed by atoms with van der Waals surface area (Å²) in [6.07, 6.45) is -0.0219. The van der Waals surface area contributed by atoms with Crippen LogP contribution >= 0.6 is 0 Å². The molecule has 3 unspecified atom stereocenters. The second kappa shape index (κ2) is 7.00. The number of benzene rings is 1. The van der Waals surface area contributed by atoms with Crippen molar-refractivity contribution in [3.63, 3.8) is 0 Å². The number of non-ortho nitro benzene ring substituents is 1. The smallest absolute Gasteiger partial charge is 0.269 e. The second-order valence-corrected chi connectivity index (χ2v) is 5.07. The lowest BCUT2D eigenvalue weighted by Gasteiger charge is -2.18. The van der Waals surface area contributed by atoms with Gasteiger partial charge in [-0.2, -0.15) is 0 Å². The summed E-state index contributed by atoms with van der Waals surface area (Å²) in [7, 11) is 0. The van der Waals surface area contributed by atoms with Gasteiger partial charge in [0.25, 0.3) is 5.69 Å². The maximum absolute atomic E-state index is 12.1. The number of amides is 1. The van der Waals surface area contributed by atoms with Gasteiger partial charge >= 0.3 is 0 Å². The summed E-state index contributed by atoms with van der Waals surface area (Å²) in [4.78, 5) is 22.3. The van der Waals surface area contributed by atoms with Crippen molar-refractivity contribution < 1.29 is 14.8 Å². The molecule has 110 valence electrons. The first-order chi connectivity index (χ1) is 9.31. The number of hydrogen-bond donors (Lipinski definition) is 2. The Morgan fingerprint density at radius 3 is 2.60 bits per heavy atom. The van der Waals surface area contributed by atoms with Gasteiger partial charge in [-0.3, -0.25) is 14.9 Å². The lowest BCUT2D eigenvalue weighted by atomic mass is 9.99. The molecule has 0 aliphatic carbocycles. The third kappa shape index (κ3) is 4.62. The van der Waals surface area contributed by atoms with Gasteiger partial charge in [-0.1, -0.05) is 12.1 Å². The molecule has 6 nitrogen and oxygen atoms in total. The molecule has 0 spiro atoms. The van der Waals surface area contributed by atoms with E-state index < -0.39 is 16.9 Å². The molecular formula is C14H20N2O4. The molecule has 0 fully saturated rings. The Hall–Kier alpha value is -1.95. The zero-order valence-corrected chi connectivity index (χ0v) is 11.9. The van der Waals surface area contributed by atoms with Crippen molar-refractivity contribution in [2.24, 2.45) is 0 Å². The first kappa shape index (κ1) is 16.1. The molecule has 0 saturated carbocycles. The first-order valence-corrected chi connectivity index (χ1v) is 6.54. The maximum atomic E-state index is 12.1. The molecule has 1 aromatic carbocycles. The summed E-state index contributed by atoms with van der Waals surface area (Å²) < 4.78 is 0. The Labute approximate surface area is 118 Å². The zero-order valence-electron chi connectivity index (χ0n) is 11.9. The predicted octanol–water partition coefficient (Wildman–Crippen LogP) is 1.97. The van der Waals surface area contributed by atoms with Crippen molar-refractivity contribution in [2.45, 2.75) is 45.3 Å². The van der Waals surface area contributed by atoms with Gasteiger partial charge < -0.3 is 10.4 Å². The van der Waals surface area contributed by atoms with Gasteiger partial charge in [0.2, 0.25) is 5.91 Å². The lowest BCUT2D eigenvalue weighted by Crippen LogP contribution is -2.37. The average Bonchev–Trinajstić information content (AvgIpc) is 2.36. The molecule has 1 rings (SSSR count). The number of nitrogens with one attached hydrogen (secondary N) is 1. The number of hydrogen-bond acceptors (Lipinski definition) is 4. The van der Waals surface area contributed by atoms with E-state index in [9.17, 15) is 20.0 Å². The molecule has 0 aliphatic rings. The highest BCUT2D eigenvalue weighted by atomic mass is 16.6. The van der Waals surface area contributed by atoms with Crippen molar-refractivity contribution in [3.05, 3.63) is 39.9 Å². The van der Waals surface area contributed by atoms with Gasteiger partial charge in [0.15, 0.2) is 0 Å². The van der Waals surface area contributed by atoms with Gasteiger partial charge in [0.1, 0.15) is 0 Å². The molecule has 0 saturated heterocycles. The van der Waals surface area contributed by atoms with Crippen LogP contribution in [0.2, 0.25) is 0 Å². The molecule has 1 aromatic rings. The SMILES string of the molecule is CC(O)CC(C)NC(=O)C(C)c1cccc([N+](=O)[O-])c1. The number of carbonyl (C=O) groups is 1. The number of carbonyl (C=O) groups excluding carboxylic acids is 1. The van der Waals surface area contributed by atoms with Gasteiger partial charge in [-0.25, -0.2) is 0 Å². The highest BCUT2D eigenvalue weighted by Gasteiger charge is 2.19. The fourth-order valence-corrected chi connectivity index (χ4v) is 2.00. The molecule has 6 heteroatoms. The normalized spacial score (nSPS) is 15.2. The minimum atomic E-state index is -0.488. The predicted molar refractivity (Wildman–Crippen MR) is 75.4 cm³/mol. The van der Waals surface area contributed by atoms with Crippen LogP contribution in [-0.4, -0.2) is 28.1 Å². The summed E-state index contributed by atoms with van der Waals surface area (Å²) in [6, 6.07) is 5.91. The van der Waals surface area contributed by atoms with Crippen molar-refractivity contribution in [1.82, 2.24) is 5.32 Å². The highest BCUT2D eigenvalue weighted by molar-refractivity contribution is 5.83. The van der Waals surface area contributed by atoms with E-state index in [0.29, 0.717) is 12.0 Å². The molecule has 0 bridgehead atoms. The van der Waals surface area contributed by atoms with Gasteiger partial charge in [0.05, 0.1) is 16.9 Å². The van der Waals surface area contributed by atoms with E-state index in [1.165, 1.54) is 12.1 Å². The zero-order chi connectivity index (χ0) is 15.3. The van der Waals surface area contributed by atoms with Crippen LogP contribution in [0.3, 0.4) is 0 Å². The van der Waals surface area contributed by atoms with E-state index in [1.54, 1.807) is 26.0 Å². The first-order valence-electron chi connectivity index (χ1n) is 6.54. The van der Waals surface area contributed by atoms with E-state index in [0.717, 1.165) is 0 Å². The fourth-order valence-electron chi connectivity index (χ4n) is 2.00. The van der Waals surface area contributed by atoms with Crippen LogP contribution in [-0.2, 0) is 4.79 Å². The number of nitrogens with zero attached hydrogens (tertiary/aromatic N) is 1. The maximum Gasteiger partial charge on any atom is 0.269 e. The Morgan fingerprint density at radius 2 is 2.05 bits per heavy atom. The molecule has 0 aliphatic heterocycles. The molecule has 20 heavy (non-hydrogen) atoms. The van der Waals surface area contributed by atoms with E-state index in [4.69, 9.17) is 0 Å². The minimum Gasteiger partial charge on any atom is -0.393 e. The topological polar surface area (TPSA) is 92.5 Å². The summed E-state index contributed by atoms with van der Waals surface area (Å²) in [5, 5.41) is 22.8. The van der Waals surface area contributed by atoms with Crippen molar-refractivity contribution in [3.8, 4) is 0 Å². The van der Waals surface area contributed by atoms with Crippen LogP contribution in [0.4, 0.5) is 5.69 Å². The molecule has 3 atom stereocenters. The number of aliphatic hydroxyl groups is 1. The average molecular weight is 280 g/mol. The van der Waals surface area contributed by atoms with Crippen molar-refractivity contribution in [1.29, 1.82) is 0 Å². The van der Waals surface area contributed by atoms with Crippen molar-refractivity contribution in [2.75, 3.05) is 0 Å². The van der Waals surface area contributed by atoms with Crippen LogP contribution in [0.1, 0.15) is 38.7 Å². The second-order valence-electron chi connectivity index (χ2n) is 5.07. The molecule has 1 amide bonds. The van der Waals surface area contributed by atoms with E-state index in [1.807, 2.05) is 6.92 Å². The summed E-state index contributed by atoms with van der Waals surface area (Å²) in [6.45, 7) is 5.17. The lowest BCUT2D eigenvalue weighted by molar-refractivity contribution is -0.384. The fraction of sp³-hybridized carbons (Fsp3) is 0.500. The Balaban J connectivity index is 2.74. The molecule has 0 heterocycles. The Bertz CT molecular complexity index is 488. The number of nitro groups is 1. The van der Waals surface area contributed by atoms with Crippen LogP contribution < -0.4 is 5.32 Å². The molecule has 0 radical (unpaired) electrons. The van der Waals surface area contributed by atoms with Gasteiger partial charge in [-0.15, -0.1) is 0 Å². The Morgan fingerprint density at radius 1 is 1.40 bits per heavy atom. The third-order valence-corrected chi connectivity index (χ3v) is 3.06. The summed E-state index contributed by atoms with van der Waals surface area (Å²) >= 11 is 0. The van der Waals surface area contributed by atoms with Crippen LogP contribution in [0, 0.1) is 10.1 Å². The monoisotopic (exact) mass is 280 g/mol. The Kier molecular flexibility index (Phi) is 5.64. The summed E-state index contributed by atoms with van der Waals surface area (Å²) in [5.41, 5.74) is 0.570. The van der Waals surface area contributed by atoms with Crippen molar-refractivity contribution >= 4 is 11.6 Å². The van der Waals surface area contributed by atoms with Crippen LogP contribution in [0.25, 0.3) is 0 Å². The minimum absolute atomic E-state index is 0.0285. The van der Waals surface area contributed by atoms with Gasteiger partial charge in [0, 0.05) is 18.2 Å². The van der Waals surface area contributed by atoms with Crippen LogP contribution in [0.15, 0.2) is 24.3 Å². The quantitative estimate of drug-likeness (QED) is 0.615. The van der Waals surface area contributed by atoms with E-state index in [2.05, 4.69) is 5.32 Å². The van der Waals surface area contributed by atoms with E-state index in [-0.39, 0.29) is 17.6 Å². The number of nitro benzene ring substituents is 1. The molecular weight excluding hydrogens is 260 g/mol. The standard InChI is InChI=1S/C14H20N2O4/c1-9(7-10(2)17)15-14(18)11(3)12-5-4-6-13(8-12)16(19)20/h4-6,8-11,17H,7H2,1-3H3,(H,15,18). The highest BCUT2D eigenvalue weighted by Crippen LogP contribution is 2.21. The number of rotatable bonds is 6.